The molecule has 4 N–H and O–H groups in total. The molecule has 0 saturated carbocycles. The lowest BCUT2D eigenvalue weighted by molar-refractivity contribution is -0.102. The van der Waals surface area contributed by atoms with Crippen molar-refractivity contribution in [1.29, 1.82) is 0 Å². The van der Waals surface area contributed by atoms with Gasteiger partial charge in [-0.05, 0) is 62.8 Å². The first-order chi connectivity index (χ1) is 11.1. The number of halogens is 2. The predicted octanol–water partition coefficient (Wildman–Crippen LogP) is 4.95. The predicted molar refractivity (Wildman–Crippen MR) is 108 cm³/mol. The molecular formula is C19H26Cl2N2O2. The van der Waals surface area contributed by atoms with Gasteiger partial charge in [0.25, 0.3) is 0 Å². The fourth-order valence-corrected chi connectivity index (χ4v) is 3.04. The molecule has 0 aromatic heterocycles. The quantitative estimate of drug-likeness (QED) is 0.497. The van der Waals surface area contributed by atoms with E-state index in [0.717, 1.165) is 59.4 Å². The number of nitrogen functional groups attached to an aromatic ring is 2. The Labute approximate surface area is 161 Å². The maximum Gasteiger partial charge on any atom is 0.186 e. The lowest BCUT2D eigenvalue weighted by Crippen LogP contribution is -2.09. The SMILES string of the molecule is Cc1c(N)ccc2c1OOc1c(ccc(N)c1C)CCCCC2.Cl.Cl. The van der Waals surface area contributed by atoms with Gasteiger partial charge in [-0.25, -0.2) is 0 Å². The van der Waals surface area contributed by atoms with E-state index in [1.807, 2.05) is 38.1 Å². The Morgan fingerprint density at radius 1 is 0.680 bits per heavy atom. The molecule has 0 bridgehead atoms. The number of benzene rings is 2. The molecular weight excluding hydrogens is 359 g/mol. The van der Waals surface area contributed by atoms with Crippen LogP contribution in [0.5, 0.6) is 11.5 Å². The van der Waals surface area contributed by atoms with E-state index in [2.05, 4.69) is 0 Å². The monoisotopic (exact) mass is 384 g/mol. The zero-order valence-corrected chi connectivity index (χ0v) is 16.3. The number of hydrogen-bond donors (Lipinski definition) is 2. The van der Waals surface area contributed by atoms with Crippen LogP contribution in [-0.2, 0) is 12.8 Å². The third-order valence-corrected chi connectivity index (χ3v) is 4.66. The maximum atomic E-state index is 6.03. The Balaban J connectivity index is 0.00000156. The highest BCUT2D eigenvalue weighted by molar-refractivity contribution is 5.85. The summed E-state index contributed by atoms with van der Waals surface area (Å²) in [5.74, 6) is 1.47. The fourth-order valence-electron chi connectivity index (χ4n) is 3.04. The van der Waals surface area contributed by atoms with Crippen LogP contribution in [0.2, 0.25) is 0 Å². The van der Waals surface area contributed by atoms with Crippen LogP contribution in [-0.4, -0.2) is 0 Å². The Hall–Kier alpha value is -1.78. The smallest absolute Gasteiger partial charge is 0.186 e. The van der Waals surface area contributed by atoms with Crippen molar-refractivity contribution >= 4 is 36.2 Å². The molecule has 1 aliphatic heterocycles. The highest BCUT2D eigenvalue weighted by Gasteiger charge is 2.17. The third-order valence-electron chi connectivity index (χ3n) is 4.66. The number of rotatable bonds is 0. The van der Waals surface area contributed by atoms with Crippen molar-refractivity contribution in [3.05, 3.63) is 46.5 Å². The molecule has 0 aliphatic carbocycles. The van der Waals surface area contributed by atoms with Crippen LogP contribution in [0.15, 0.2) is 24.3 Å². The molecule has 138 valence electrons. The highest BCUT2D eigenvalue weighted by Crippen LogP contribution is 2.34. The van der Waals surface area contributed by atoms with Crippen molar-refractivity contribution < 1.29 is 9.78 Å². The summed E-state index contributed by atoms with van der Waals surface area (Å²) in [7, 11) is 0. The second kappa shape index (κ2) is 9.07. The van der Waals surface area contributed by atoms with Gasteiger partial charge in [0.2, 0.25) is 0 Å². The topological polar surface area (TPSA) is 70.5 Å². The lowest BCUT2D eigenvalue weighted by Gasteiger charge is -2.17. The normalized spacial score (nSPS) is 13.5. The highest BCUT2D eigenvalue weighted by atomic mass is 35.5. The Kier molecular flexibility index (Phi) is 7.71. The van der Waals surface area contributed by atoms with Crippen LogP contribution in [0.4, 0.5) is 11.4 Å². The molecule has 0 unspecified atom stereocenters. The van der Waals surface area contributed by atoms with Gasteiger partial charge >= 0.3 is 0 Å². The van der Waals surface area contributed by atoms with Gasteiger partial charge in [-0.1, -0.05) is 18.6 Å². The van der Waals surface area contributed by atoms with Gasteiger partial charge in [0.1, 0.15) is 0 Å². The summed E-state index contributed by atoms with van der Waals surface area (Å²) in [5, 5.41) is 0. The zero-order chi connectivity index (χ0) is 16.4. The molecule has 4 nitrogen and oxygen atoms in total. The minimum atomic E-state index is 0. The van der Waals surface area contributed by atoms with Crippen LogP contribution in [0, 0.1) is 13.8 Å². The molecule has 0 saturated heterocycles. The van der Waals surface area contributed by atoms with Gasteiger partial charge in [-0.15, -0.1) is 24.8 Å². The molecule has 0 spiro atoms. The summed E-state index contributed by atoms with van der Waals surface area (Å²) in [4.78, 5) is 11.5. The van der Waals surface area contributed by atoms with Crippen LogP contribution in [0.3, 0.4) is 0 Å². The number of nitrogens with two attached hydrogens (primary N) is 2. The minimum absolute atomic E-state index is 0. The van der Waals surface area contributed by atoms with E-state index in [-0.39, 0.29) is 24.8 Å². The second-order valence-electron chi connectivity index (χ2n) is 6.26. The van der Waals surface area contributed by atoms with Crippen LogP contribution >= 0.6 is 24.8 Å². The van der Waals surface area contributed by atoms with Crippen molar-refractivity contribution in [3.8, 4) is 11.5 Å². The standard InChI is InChI=1S/C19H24N2O2.2ClH/c1-12-16(20)10-8-14-6-4-3-5-7-15-9-11-17(21)13(2)19(15)23-22-18(12)14;;/h8-11H,3-7,20-21H2,1-2H3;2*1H. The maximum absolute atomic E-state index is 6.03. The van der Waals surface area contributed by atoms with Gasteiger partial charge in [-0.2, -0.15) is 0 Å². The number of hydrogen-bond acceptors (Lipinski definition) is 4. The third kappa shape index (κ3) is 4.44. The first-order valence-corrected chi connectivity index (χ1v) is 8.18. The summed E-state index contributed by atoms with van der Waals surface area (Å²) in [6, 6.07) is 7.95. The summed E-state index contributed by atoms with van der Waals surface area (Å²) in [5.41, 5.74) is 17.6. The molecule has 25 heavy (non-hydrogen) atoms. The lowest BCUT2D eigenvalue weighted by atomic mass is 9.99. The summed E-state index contributed by atoms with van der Waals surface area (Å²) < 4.78 is 0. The average Bonchev–Trinajstić information content (AvgIpc) is 2.58. The van der Waals surface area contributed by atoms with E-state index in [0.29, 0.717) is 11.4 Å². The largest absolute Gasteiger partial charge is 0.398 e. The van der Waals surface area contributed by atoms with Crippen LogP contribution < -0.4 is 21.2 Å². The van der Waals surface area contributed by atoms with Gasteiger partial charge in [0.05, 0.1) is 0 Å². The van der Waals surface area contributed by atoms with E-state index in [1.54, 1.807) is 0 Å². The van der Waals surface area contributed by atoms with Crippen molar-refractivity contribution in [3.63, 3.8) is 0 Å². The first-order valence-electron chi connectivity index (χ1n) is 8.18. The molecule has 1 aliphatic rings. The van der Waals surface area contributed by atoms with Gasteiger partial charge in [0, 0.05) is 22.5 Å². The Bertz CT molecular complexity index is 674. The first kappa shape index (κ1) is 21.3. The molecule has 2 aromatic rings. The molecule has 6 heteroatoms. The molecule has 0 radical (unpaired) electrons. The van der Waals surface area contributed by atoms with Gasteiger partial charge in [-0.3, -0.25) is 9.78 Å². The molecule has 0 amide bonds. The van der Waals surface area contributed by atoms with E-state index in [1.165, 1.54) is 6.42 Å². The van der Waals surface area contributed by atoms with Crippen LogP contribution in [0.25, 0.3) is 0 Å². The number of aryl methyl sites for hydroxylation is 2. The summed E-state index contributed by atoms with van der Waals surface area (Å²) in [6.45, 7) is 3.93. The molecule has 2 aromatic carbocycles. The van der Waals surface area contributed by atoms with E-state index >= 15 is 0 Å². The van der Waals surface area contributed by atoms with Crippen molar-refractivity contribution in [2.45, 2.75) is 46.0 Å². The number of fused-ring (bicyclic) bond motifs is 2. The van der Waals surface area contributed by atoms with E-state index < -0.39 is 0 Å². The zero-order valence-electron chi connectivity index (χ0n) is 14.6. The van der Waals surface area contributed by atoms with Gasteiger partial charge < -0.3 is 11.5 Å². The fraction of sp³-hybridized carbons (Fsp3) is 0.368. The Morgan fingerprint density at radius 3 is 1.48 bits per heavy atom. The summed E-state index contributed by atoms with van der Waals surface area (Å²) >= 11 is 0. The van der Waals surface area contributed by atoms with Crippen molar-refractivity contribution in [2.75, 3.05) is 11.5 Å². The molecule has 0 atom stereocenters. The second-order valence-corrected chi connectivity index (χ2v) is 6.26. The average molecular weight is 385 g/mol. The van der Waals surface area contributed by atoms with Gasteiger partial charge in [0.15, 0.2) is 11.5 Å². The van der Waals surface area contributed by atoms with E-state index in [4.69, 9.17) is 21.2 Å². The molecule has 0 fully saturated rings. The Morgan fingerprint density at radius 2 is 1.08 bits per heavy atom. The van der Waals surface area contributed by atoms with Crippen molar-refractivity contribution in [1.82, 2.24) is 0 Å². The molecule has 1 heterocycles. The van der Waals surface area contributed by atoms with Crippen LogP contribution in [0.1, 0.15) is 41.5 Å². The minimum Gasteiger partial charge on any atom is -0.398 e. The van der Waals surface area contributed by atoms with Crippen molar-refractivity contribution in [2.24, 2.45) is 0 Å². The molecule has 3 rings (SSSR count). The number of anilines is 2. The summed E-state index contributed by atoms with van der Waals surface area (Å²) in [6.07, 6.45) is 5.37. The van der Waals surface area contributed by atoms with E-state index in [9.17, 15) is 0 Å².